The summed E-state index contributed by atoms with van der Waals surface area (Å²) in [6.45, 7) is 0. The Hall–Kier alpha value is -1.78. The predicted molar refractivity (Wildman–Crippen MR) is 52.3 cm³/mol. The lowest BCUT2D eigenvalue weighted by atomic mass is 10.3. The lowest BCUT2D eigenvalue weighted by Gasteiger charge is -2.23. The molecule has 0 atom stereocenters. The lowest BCUT2D eigenvalue weighted by Crippen LogP contribution is -2.46. The molecule has 0 spiro atoms. The van der Waals surface area contributed by atoms with Gasteiger partial charge in [0.15, 0.2) is 0 Å². The molecule has 5 nitrogen and oxygen atoms in total. The van der Waals surface area contributed by atoms with E-state index in [4.69, 9.17) is 11.6 Å². The molecule has 0 bridgehead atoms. The van der Waals surface area contributed by atoms with Crippen LogP contribution in [0.5, 0.6) is 5.88 Å². The Morgan fingerprint density at radius 1 is 1.15 bits per heavy atom. The van der Waals surface area contributed by atoms with Crippen LogP contribution in [0.1, 0.15) is 0 Å². The number of hydrogen-bond acceptors (Lipinski definition) is 4. The van der Waals surface area contributed by atoms with Crippen LogP contribution in [0.15, 0.2) is 12.4 Å². The maximum atomic E-state index is 12.4. The molecule has 0 aliphatic carbocycles. The monoisotopic (exact) mass is 320 g/mol. The third-order valence-corrected chi connectivity index (χ3v) is 2.21. The molecule has 0 amide bonds. The van der Waals surface area contributed by atoms with E-state index in [-0.39, 0.29) is 10.9 Å². The van der Waals surface area contributed by atoms with E-state index in [0.29, 0.717) is 10.6 Å². The van der Waals surface area contributed by atoms with Gasteiger partial charge in [-0.3, -0.25) is 0 Å². The molecule has 2 aromatic rings. The molecule has 0 radical (unpaired) electrons. The summed E-state index contributed by atoms with van der Waals surface area (Å²) in [5.41, 5.74) is 0. The SMILES string of the molecule is FC(F)(F)C(Oc1cc(Cl)nc2ncnn12)C(F)(F)F. The Balaban J connectivity index is 2.46. The minimum atomic E-state index is -5.65. The molecular weight excluding hydrogens is 318 g/mol. The summed E-state index contributed by atoms with van der Waals surface area (Å²) in [4.78, 5) is 7.03. The van der Waals surface area contributed by atoms with E-state index in [0.717, 1.165) is 6.33 Å². The van der Waals surface area contributed by atoms with E-state index in [1.807, 2.05) is 0 Å². The molecule has 0 N–H and O–H groups in total. The van der Waals surface area contributed by atoms with Gasteiger partial charge in [-0.05, 0) is 0 Å². The normalized spacial score (nSPS) is 13.2. The molecule has 0 aromatic carbocycles. The van der Waals surface area contributed by atoms with Crippen molar-refractivity contribution in [2.24, 2.45) is 0 Å². The van der Waals surface area contributed by atoms with Crippen molar-refractivity contribution < 1.29 is 31.1 Å². The Kier molecular flexibility index (Phi) is 3.40. The third kappa shape index (κ3) is 2.86. The molecule has 0 aliphatic heterocycles. The quantitative estimate of drug-likeness (QED) is 0.630. The Morgan fingerprint density at radius 3 is 2.30 bits per heavy atom. The number of nitrogens with zero attached hydrogens (tertiary/aromatic N) is 4. The van der Waals surface area contributed by atoms with Crippen molar-refractivity contribution in [1.82, 2.24) is 19.6 Å². The van der Waals surface area contributed by atoms with Gasteiger partial charge in [-0.15, -0.1) is 0 Å². The highest BCUT2D eigenvalue weighted by molar-refractivity contribution is 6.29. The van der Waals surface area contributed by atoms with Gasteiger partial charge in [-0.25, -0.2) is 0 Å². The molecule has 2 aromatic heterocycles. The van der Waals surface area contributed by atoms with Crippen molar-refractivity contribution in [3.05, 3.63) is 17.5 Å². The summed E-state index contributed by atoms with van der Waals surface area (Å²) in [6, 6.07) is 0.674. The van der Waals surface area contributed by atoms with Gasteiger partial charge >= 0.3 is 12.4 Å². The molecule has 12 heteroatoms. The van der Waals surface area contributed by atoms with Crippen molar-refractivity contribution in [3.8, 4) is 5.88 Å². The summed E-state index contributed by atoms with van der Waals surface area (Å²) in [5, 5.41) is 3.02. The smallest absolute Gasteiger partial charge is 0.434 e. The largest absolute Gasteiger partial charge is 0.455 e. The van der Waals surface area contributed by atoms with Crippen LogP contribution in [0.4, 0.5) is 26.3 Å². The van der Waals surface area contributed by atoms with Crippen molar-refractivity contribution in [2.75, 3.05) is 0 Å². The molecule has 0 saturated heterocycles. The second-order valence-electron chi connectivity index (χ2n) is 3.47. The highest BCUT2D eigenvalue weighted by atomic mass is 35.5. The van der Waals surface area contributed by atoms with Crippen molar-refractivity contribution in [2.45, 2.75) is 18.5 Å². The van der Waals surface area contributed by atoms with E-state index in [9.17, 15) is 26.3 Å². The zero-order valence-corrected chi connectivity index (χ0v) is 9.83. The molecule has 0 saturated carbocycles. The van der Waals surface area contributed by atoms with Gasteiger partial charge in [0.25, 0.3) is 11.9 Å². The first-order valence-electron chi connectivity index (χ1n) is 4.75. The fourth-order valence-electron chi connectivity index (χ4n) is 1.28. The molecule has 0 fully saturated rings. The lowest BCUT2D eigenvalue weighted by molar-refractivity contribution is -0.300. The van der Waals surface area contributed by atoms with Crippen molar-refractivity contribution in [1.29, 1.82) is 0 Å². The van der Waals surface area contributed by atoms with Crippen LogP contribution in [-0.2, 0) is 0 Å². The van der Waals surface area contributed by atoms with Crippen LogP contribution in [0, 0.1) is 0 Å². The molecule has 110 valence electrons. The maximum Gasteiger partial charge on any atom is 0.434 e. The second kappa shape index (κ2) is 4.65. The number of fused-ring (bicyclic) bond motifs is 1. The van der Waals surface area contributed by atoms with E-state index < -0.39 is 24.3 Å². The number of aromatic nitrogens is 4. The zero-order valence-electron chi connectivity index (χ0n) is 9.07. The summed E-state index contributed by atoms with van der Waals surface area (Å²) < 4.78 is 78.9. The van der Waals surface area contributed by atoms with Gasteiger partial charge in [-0.1, -0.05) is 11.6 Å². The van der Waals surface area contributed by atoms with Gasteiger partial charge in [0.1, 0.15) is 11.5 Å². The predicted octanol–water partition coefficient (Wildman–Crippen LogP) is 2.65. The van der Waals surface area contributed by atoms with Crippen molar-refractivity contribution >= 4 is 17.4 Å². The number of ether oxygens (including phenoxy) is 1. The molecule has 0 aliphatic rings. The summed E-state index contributed by atoms with van der Waals surface area (Å²) in [6.07, 6.45) is -14.4. The highest BCUT2D eigenvalue weighted by Gasteiger charge is 2.59. The summed E-state index contributed by atoms with van der Waals surface area (Å²) in [5.74, 6) is -1.17. The topological polar surface area (TPSA) is 52.3 Å². The Bertz CT molecular complexity index is 609. The summed E-state index contributed by atoms with van der Waals surface area (Å²) >= 11 is 5.46. The molecule has 0 unspecified atom stereocenters. The second-order valence-corrected chi connectivity index (χ2v) is 3.86. The maximum absolute atomic E-state index is 12.4. The first-order valence-corrected chi connectivity index (χ1v) is 5.13. The number of alkyl halides is 6. The van der Waals surface area contributed by atoms with Gasteiger partial charge < -0.3 is 4.74 Å². The minimum absolute atomic E-state index is 0.296. The van der Waals surface area contributed by atoms with Crippen LogP contribution >= 0.6 is 11.6 Å². The van der Waals surface area contributed by atoms with Gasteiger partial charge in [0.2, 0.25) is 5.88 Å². The number of rotatable bonds is 2. The van der Waals surface area contributed by atoms with Gasteiger partial charge in [0.05, 0.1) is 0 Å². The Morgan fingerprint density at radius 2 is 1.75 bits per heavy atom. The van der Waals surface area contributed by atoms with Gasteiger partial charge in [-0.2, -0.15) is 45.9 Å². The Labute approximate surface area is 111 Å². The summed E-state index contributed by atoms with van der Waals surface area (Å²) in [7, 11) is 0. The highest BCUT2D eigenvalue weighted by Crippen LogP contribution is 2.36. The first-order chi connectivity index (χ1) is 9.09. The number of hydrogen-bond donors (Lipinski definition) is 0. The van der Waals surface area contributed by atoms with Crippen LogP contribution < -0.4 is 4.74 Å². The standard InChI is InChI=1S/C8H3ClF6N4O/c9-3-1-4(19-6(18-3)16-2-17-19)20-5(7(10,11)12)8(13,14)15/h1-2,5H. The third-order valence-electron chi connectivity index (χ3n) is 2.02. The van der Waals surface area contributed by atoms with Crippen molar-refractivity contribution in [3.63, 3.8) is 0 Å². The average molecular weight is 321 g/mol. The number of halogens is 7. The van der Waals surface area contributed by atoms with Crippen LogP contribution in [0.3, 0.4) is 0 Å². The van der Waals surface area contributed by atoms with Crippen LogP contribution in [0.2, 0.25) is 5.15 Å². The van der Waals surface area contributed by atoms with Crippen LogP contribution in [0.25, 0.3) is 5.78 Å². The molecule has 2 rings (SSSR count). The van der Waals surface area contributed by atoms with E-state index in [2.05, 4.69) is 19.8 Å². The average Bonchev–Trinajstić information content (AvgIpc) is 2.69. The first kappa shape index (κ1) is 14.6. The molecule has 20 heavy (non-hydrogen) atoms. The molecule has 2 heterocycles. The zero-order chi connectivity index (χ0) is 15.1. The van der Waals surface area contributed by atoms with Crippen LogP contribution in [-0.4, -0.2) is 38.0 Å². The fourth-order valence-corrected chi connectivity index (χ4v) is 1.45. The van der Waals surface area contributed by atoms with E-state index in [1.165, 1.54) is 0 Å². The molecular formula is C8H3ClF6N4O. The minimum Gasteiger partial charge on any atom is -0.455 e. The fraction of sp³-hybridized carbons (Fsp3) is 0.375. The van der Waals surface area contributed by atoms with E-state index >= 15 is 0 Å². The van der Waals surface area contributed by atoms with Gasteiger partial charge in [0, 0.05) is 6.07 Å². The van der Waals surface area contributed by atoms with E-state index in [1.54, 1.807) is 0 Å².